The molecule has 0 heterocycles. The van der Waals surface area contributed by atoms with Gasteiger partial charge in [0.1, 0.15) is 11.9 Å². The summed E-state index contributed by atoms with van der Waals surface area (Å²) < 4.78 is 19.4. The summed E-state index contributed by atoms with van der Waals surface area (Å²) in [5, 5.41) is 2.54. The normalized spacial score (nSPS) is 11.6. The van der Waals surface area contributed by atoms with Crippen molar-refractivity contribution in [3.05, 3.63) is 69.0 Å². The standard InChI is InChI=1S/C17H15FINO3/c1-23-17(22)15(10-11-6-2-5-9-14(11)19)20-16(21)12-7-3-4-8-13(12)18/h2-9,15H,10H2,1H3,(H,20,21)/t15-/m1/s1. The van der Waals surface area contributed by atoms with Crippen LogP contribution in [0.5, 0.6) is 0 Å². The number of hydrogen-bond donors (Lipinski definition) is 1. The summed E-state index contributed by atoms with van der Waals surface area (Å²) in [4.78, 5) is 24.2. The van der Waals surface area contributed by atoms with Crippen LogP contribution in [0.2, 0.25) is 0 Å². The number of rotatable bonds is 5. The average molecular weight is 427 g/mol. The lowest BCUT2D eigenvalue weighted by Gasteiger charge is -2.17. The van der Waals surface area contributed by atoms with Crippen LogP contribution in [0.25, 0.3) is 0 Å². The maximum atomic E-state index is 13.7. The van der Waals surface area contributed by atoms with Gasteiger partial charge in [-0.1, -0.05) is 30.3 Å². The van der Waals surface area contributed by atoms with E-state index in [2.05, 4.69) is 27.9 Å². The molecule has 6 heteroatoms. The van der Waals surface area contributed by atoms with E-state index in [1.54, 1.807) is 6.07 Å². The van der Waals surface area contributed by atoms with Crippen LogP contribution in [-0.4, -0.2) is 25.0 Å². The first kappa shape index (κ1) is 17.4. The fraction of sp³-hybridized carbons (Fsp3) is 0.176. The molecule has 0 aliphatic carbocycles. The van der Waals surface area contributed by atoms with Crippen molar-refractivity contribution >= 4 is 34.5 Å². The van der Waals surface area contributed by atoms with Gasteiger partial charge >= 0.3 is 5.97 Å². The summed E-state index contributed by atoms with van der Waals surface area (Å²) in [6.45, 7) is 0. The Kier molecular flexibility index (Phi) is 6.09. The summed E-state index contributed by atoms with van der Waals surface area (Å²) in [7, 11) is 1.25. The minimum atomic E-state index is -0.886. The zero-order chi connectivity index (χ0) is 16.8. The summed E-state index contributed by atoms with van der Waals surface area (Å²) in [5.41, 5.74) is 0.793. The SMILES string of the molecule is COC(=O)[C@@H](Cc1ccccc1I)NC(=O)c1ccccc1F. The van der Waals surface area contributed by atoms with Crippen molar-refractivity contribution in [3.63, 3.8) is 0 Å². The van der Waals surface area contributed by atoms with E-state index in [0.717, 1.165) is 9.13 Å². The predicted octanol–water partition coefficient (Wildman–Crippen LogP) is 2.94. The van der Waals surface area contributed by atoms with E-state index in [1.807, 2.05) is 24.3 Å². The first-order chi connectivity index (χ1) is 11.0. The lowest BCUT2D eigenvalue weighted by atomic mass is 10.1. The molecule has 0 aliphatic rings. The topological polar surface area (TPSA) is 55.4 Å². The van der Waals surface area contributed by atoms with Crippen LogP contribution in [0.1, 0.15) is 15.9 Å². The molecule has 0 bridgehead atoms. The molecule has 0 saturated carbocycles. The van der Waals surface area contributed by atoms with Gasteiger partial charge in [0.15, 0.2) is 0 Å². The number of halogens is 2. The molecule has 1 atom stereocenters. The van der Waals surface area contributed by atoms with Crippen LogP contribution >= 0.6 is 22.6 Å². The fourth-order valence-corrected chi connectivity index (χ4v) is 2.71. The number of carbonyl (C=O) groups is 2. The van der Waals surface area contributed by atoms with Gasteiger partial charge in [0, 0.05) is 9.99 Å². The van der Waals surface area contributed by atoms with Crippen molar-refractivity contribution in [3.8, 4) is 0 Å². The fourth-order valence-electron chi connectivity index (χ4n) is 2.10. The molecular formula is C17H15FINO3. The molecule has 1 N–H and O–H groups in total. The molecule has 0 saturated heterocycles. The van der Waals surface area contributed by atoms with Gasteiger partial charge < -0.3 is 10.1 Å². The number of ether oxygens (including phenoxy) is 1. The molecule has 0 unspecified atom stereocenters. The lowest BCUT2D eigenvalue weighted by molar-refractivity contribution is -0.142. The number of amides is 1. The first-order valence-corrected chi connectivity index (χ1v) is 7.97. The minimum absolute atomic E-state index is 0.107. The van der Waals surface area contributed by atoms with Crippen molar-refractivity contribution in [1.82, 2.24) is 5.32 Å². The highest BCUT2D eigenvalue weighted by Crippen LogP contribution is 2.15. The molecule has 1 amide bonds. The van der Waals surface area contributed by atoms with Gasteiger partial charge in [0.05, 0.1) is 12.7 Å². The van der Waals surface area contributed by atoms with Crippen molar-refractivity contribution in [1.29, 1.82) is 0 Å². The Hall–Kier alpha value is -1.96. The maximum Gasteiger partial charge on any atom is 0.328 e. The van der Waals surface area contributed by atoms with Crippen molar-refractivity contribution < 1.29 is 18.7 Å². The minimum Gasteiger partial charge on any atom is -0.467 e. The molecule has 23 heavy (non-hydrogen) atoms. The number of nitrogens with one attached hydrogen (secondary N) is 1. The number of methoxy groups -OCH3 is 1. The molecule has 0 radical (unpaired) electrons. The van der Waals surface area contributed by atoms with Gasteiger partial charge in [-0.15, -0.1) is 0 Å². The highest BCUT2D eigenvalue weighted by Gasteiger charge is 2.24. The Morgan fingerprint density at radius 1 is 1.17 bits per heavy atom. The highest BCUT2D eigenvalue weighted by molar-refractivity contribution is 14.1. The van der Waals surface area contributed by atoms with Crippen LogP contribution in [0, 0.1) is 9.39 Å². The van der Waals surface area contributed by atoms with E-state index in [-0.39, 0.29) is 12.0 Å². The van der Waals surface area contributed by atoms with Crippen LogP contribution in [0.3, 0.4) is 0 Å². The zero-order valence-corrected chi connectivity index (χ0v) is 14.5. The van der Waals surface area contributed by atoms with Crippen LogP contribution < -0.4 is 5.32 Å². The summed E-state index contributed by atoms with van der Waals surface area (Å²) in [5.74, 6) is -1.86. The van der Waals surface area contributed by atoms with Gasteiger partial charge in [0.2, 0.25) is 0 Å². The monoisotopic (exact) mass is 427 g/mol. The molecule has 0 fully saturated rings. The van der Waals surface area contributed by atoms with E-state index in [9.17, 15) is 14.0 Å². The molecular weight excluding hydrogens is 412 g/mol. The van der Waals surface area contributed by atoms with E-state index >= 15 is 0 Å². The van der Waals surface area contributed by atoms with Crippen molar-refractivity contribution in [2.75, 3.05) is 7.11 Å². The molecule has 2 rings (SSSR count). The Labute approximate surface area is 147 Å². The Morgan fingerprint density at radius 3 is 2.48 bits per heavy atom. The first-order valence-electron chi connectivity index (χ1n) is 6.89. The largest absolute Gasteiger partial charge is 0.467 e. The highest BCUT2D eigenvalue weighted by atomic mass is 127. The second kappa shape index (κ2) is 8.05. The number of carbonyl (C=O) groups excluding carboxylic acids is 2. The summed E-state index contributed by atoms with van der Waals surface area (Å²) in [6.07, 6.45) is 0.270. The van der Waals surface area contributed by atoms with Gasteiger partial charge in [-0.05, 0) is 46.4 Å². The van der Waals surface area contributed by atoms with E-state index in [0.29, 0.717) is 0 Å². The van der Waals surface area contributed by atoms with E-state index in [4.69, 9.17) is 4.74 Å². The smallest absolute Gasteiger partial charge is 0.328 e. The van der Waals surface area contributed by atoms with Crippen LogP contribution in [0.4, 0.5) is 4.39 Å². The number of esters is 1. The van der Waals surface area contributed by atoms with Crippen LogP contribution in [-0.2, 0) is 16.0 Å². The molecule has 120 valence electrons. The quantitative estimate of drug-likeness (QED) is 0.590. The Bertz CT molecular complexity index is 720. The second-order valence-electron chi connectivity index (χ2n) is 4.82. The van der Waals surface area contributed by atoms with Gasteiger partial charge in [-0.2, -0.15) is 0 Å². The Morgan fingerprint density at radius 2 is 1.83 bits per heavy atom. The molecule has 0 aromatic heterocycles. The summed E-state index contributed by atoms with van der Waals surface area (Å²) in [6, 6.07) is 12.2. The van der Waals surface area contributed by atoms with Gasteiger partial charge in [0.25, 0.3) is 5.91 Å². The molecule has 2 aromatic carbocycles. The van der Waals surface area contributed by atoms with Crippen molar-refractivity contribution in [2.45, 2.75) is 12.5 Å². The lowest BCUT2D eigenvalue weighted by Crippen LogP contribution is -2.43. The van der Waals surface area contributed by atoms with E-state index in [1.165, 1.54) is 25.3 Å². The third kappa shape index (κ3) is 4.51. The number of benzene rings is 2. The molecule has 4 nitrogen and oxygen atoms in total. The third-order valence-corrected chi connectivity index (χ3v) is 4.34. The third-order valence-electron chi connectivity index (χ3n) is 3.29. The number of hydrogen-bond acceptors (Lipinski definition) is 3. The molecule has 0 aliphatic heterocycles. The maximum absolute atomic E-state index is 13.7. The summed E-state index contributed by atoms with van der Waals surface area (Å²) >= 11 is 2.15. The van der Waals surface area contributed by atoms with Crippen LogP contribution in [0.15, 0.2) is 48.5 Å². The zero-order valence-electron chi connectivity index (χ0n) is 12.4. The van der Waals surface area contributed by atoms with E-state index < -0.39 is 23.7 Å². The van der Waals surface area contributed by atoms with Crippen molar-refractivity contribution in [2.24, 2.45) is 0 Å². The van der Waals surface area contributed by atoms with Gasteiger partial charge in [-0.3, -0.25) is 4.79 Å². The average Bonchev–Trinajstić information content (AvgIpc) is 2.55. The van der Waals surface area contributed by atoms with Gasteiger partial charge in [-0.25, -0.2) is 9.18 Å². The predicted molar refractivity (Wildman–Crippen MR) is 92.5 cm³/mol. The second-order valence-corrected chi connectivity index (χ2v) is 5.99. The molecule has 0 spiro atoms. The molecule has 2 aromatic rings. The Balaban J connectivity index is 2.20.